The van der Waals surface area contributed by atoms with Crippen LogP contribution in [-0.2, 0) is 6.54 Å². The Bertz CT molecular complexity index is 1140. The molecule has 3 heterocycles. The number of anilines is 1. The summed E-state index contributed by atoms with van der Waals surface area (Å²) in [7, 11) is 0. The van der Waals surface area contributed by atoms with Crippen LogP contribution in [0.2, 0.25) is 0 Å². The van der Waals surface area contributed by atoms with E-state index in [-0.39, 0.29) is 0 Å². The highest BCUT2D eigenvalue weighted by Crippen LogP contribution is 2.26. The molecule has 1 aromatic carbocycles. The number of rotatable bonds is 3. The Hall–Kier alpha value is -3.79. The molecule has 0 aliphatic heterocycles. The van der Waals surface area contributed by atoms with E-state index in [0.717, 1.165) is 33.5 Å². The molecular weight excluding hydrogens is 326 g/mol. The fourth-order valence-electron chi connectivity index (χ4n) is 2.83. The van der Waals surface area contributed by atoms with Crippen LogP contribution in [0.4, 0.5) is 5.69 Å². The molecule has 0 spiro atoms. The van der Waals surface area contributed by atoms with Gasteiger partial charge in [0.1, 0.15) is 11.9 Å². The fraction of sp³-hybridized carbons (Fsp3) is 0.105. The number of nitrogens with two attached hydrogens (primary N) is 1. The van der Waals surface area contributed by atoms with Crippen molar-refractivity contribution in [1.29, 1.82) is 5.26 Å². The van der Waals surface area contributed by atoms with Gasteiger partial charge in [-0.2, -0.15) is 10.4 Å². The van der Waals surface area contributed by atoms with E-state index in [9.17, 15) is 0 Å². The molecule has 0 bridgehead atoms. The number of hydrogen-bond acceptors (Lipinski definition) is 6. The molecule has 0 atom stereocenters. The van der Waals surface area contributed by atoms with Crippen LogP contribution in [0.15, 0.2) is 48.9 Å². The van der Waals surface area contributed by atoms with Crippen molar-refractivity contribution in [1.82, 2.24) is 24.7 Å². The molecule has 3 aromatic heterocycles. The minimum absolute atomic E-state index is 0.487. The molecule has 0 aliphatic carbocycles. The van der Waals surface area contributed by atoms with Crippen molar-refractivity contribution in [2.75, 3.05) is 5.73 Å². The number of fused-ring (bicyclic) bond motifs is 1. The van der Waals surface area contributed by atoms with E-state index in [1.165, 1.54) is 6.20 Å². The second-order valence-electron chi connectivity index (χ2n) is 5.97. The molecule has 26 heavy (non-hydrogen) atoms. The van der Waals surface area contributed by atoms with Crippen molar-refractivity contribution in [3.8, 4) is 17.3 Å². The molecule has 0 unspecified atom stereocenters. The summed E-state index contributed by atoms with van der Waals surface area (Å²) in [6, 6.07) is 11.5. The maximum Gasteiger partial charge on any atom is 0.162 e. The lowest BCUT2D eigenvalue weighted by Gasteiger charge is -2.07. The van der Waals surface area contributed by atoms with Crippen LogP contribution in [-0.4, -0.2) is 24.7 Å². The minimum Gasteiger partial charge on any atom is -0.399 e. The number of hydrogen-bond donors (Lipinski definition) is 1. The average Bonchev–Trinajstić information content (AvgIpc) is 3.05. The zero-order valence-corrected chi connectivity index (χ0v) is 14.1. The van der Waals surface area contributed by atoms with E-state index in [1.54, 1.807) is 18.5 Å². The summed E-state index contributed by atoms with van der Waals surface area (Å²) in [6.45, 7) is 2.42. The number of aryl methyl sites for hydroxylation is 1. The first-order valence-corrected chi connectivity index (χ1v) is 8.04. The SMILES string of the molecule is Cc1nc(-c2cncc(C#N)c2)c2cnn(Cc3ccc(N)cc3)c2n1. The van der Waals surface area contributed by atoms with E-state index in [4.69, 9.17) is 11.0 Å². The van der Waals surface area contributed by atoms with Crippen LogP contribution in [0.5, 0.6) is 0 Å². The molecule has 4 rings (SSSR count). The number of benzene rings is 1. The Morgan fingerprint density at radius 2 is 1.92 bits per heavy atom. The normalized spacial score (nSPS) is 10.8. The van der Waals surface area contributed by atoms with Crippen LogP contribution in [0.1, 0.15) is 17.0 Å². The Morgan fingerprint density at radius 3 is 2.69 bits per heavy atom. The van der Waals surface area contributed by atoms with Gasteiger partial charge in [-0.25, -0.2) is 14.6 Å². The maximum absolute atomic E-state index is 9.12. The van der Waals surface area contributed by atoms with Crippen LogP contribution >= 0.6 is 0 Å². The first-order valence-electron chi connectivity index (χ1n) is 8.04. The van der Waals surface area contributed by atoms with Gasteiger partial charge in [0.05, 0.1) is 29.4 Å². The standard InChI is InChI=1S/C19H15N7/c1-12-24-18(15-6-14(7-20)8-22-9-15)17-10-23-26(19(17)25-12)11-13-2-4-16(21)5-3-13/h2-6,8-10H,11,21H2,1H3. The molecule has 7 heteroatoms. The molecule has 0 saturated heterocycles. The average molecular weight is 341 g/mol. The van der Waals surface area contributed by atoms with Crippen molar-refractivity contribution >= 4 is 16.7 Å². The first kappa shape index (κ1) is 15.7. The van der Waals surface area contributed by atoms with Crippen molar-refractivity contribution in [2.24, 2.45) is 0 Å². The van der Waals surface area contributed by atoms with Crippen LogP contribution < -0.4 is 5.73 Å². The lowest BCUT2D eigenvalue weighted by atomic mass is 10.1. The van der Waals surface area contributed by atoms with E-state index in [1.807, 2.05) is 35.9 Å². The summed E-state index contributed by atoms with van der Waals surface area (Å²) in [5.74, 6) is 0.633. The molecular formula is C19H15N7. The molecule has 0 fully saturated rings. The number of nitrogen functional groups attached to an aromatic ring is 1. The summed E-state index contributed by atoms with van der Waals surface area (Å²) < 4.78 is 1.83. The number of nitrogens with zero attached hydrogens (tertiary/aromatic N) is 6. The summed E-state index contributed by atoms with van der Waals surface area (Å²) in [5.41, 5.74) is 10.3. The maximum atomic E-state index is 9.12. The van der Waals surface area contributed by atoms with Crippen LogP contribution in [0, 0.1) is 18.3 Å². The third kappa shape index (κ3) is 2.84. The van der Waals surface area contributed by atoms with Gasteiger partial charge in [0, 0.05) is 23.6 Å². The quantitative estimate of drug-likeness (QED) is 0.574. The fourth-order valence-corrected chi connectivity index (χ4v) is 2.83. The summed E-state index contributed by atoms with van der Waals surface area (Å²) in [5, 5.41) is 14.4. The van der Waals surface area contributed by atoms with Crippen molar-refractivity contribution in [3.63, 3.8) is 0 Å². The van der Waals surface area contributed by atoms with Gasteiger partial charge in [-0.15, -0.1) is 0 Å². The van der Waals surface area contributed by atoms with Gasteiger partial charge in [0.15, 0.2) is 5.65 Å². The molecule has 0 amide bonds. The molecule has 7 nitrogen and oxygen atoms in total. The molecule has 2 N–H and O–H groups in total. The monoisotopic (exact) mass is 341 g/mol. The van der Waals surface area contributed by atoms with Crippen molar-refractivity contribution in [2.45, 2.75) is 13.5 Å². The van der Waals surface area contributed by atoms with Gasteiger partial charge < -0.3 is 5.73 Å². The predicted octanol–water partition coefficient (Wildman–Crippen LogP) is 2.70. The second kappa shape index (κ2) is 6.26. The highest BCUT2D eigenvalue weighted by molar-refractivity contribution is 5.90. The number of nitriles is 1. The number of pyridine rings is 1. The van der Waals surface area contributed by atoms with Gasteiger partial charge in [-0.3, -0.25) is 4.98 Å². The highest BCUT2D eigenvalue weighted by Gasteiger charge is 2.14. The first-order chi connectivity index (χ1) is 12.6. The molecule has 0 saturated carbocycles. The van der Waals surface area contributed by atoms with Crippen LogP contribution in [0.3, 0.4) is 0 Å². The Morgan fingerprint density at radius 1 is 1.12 bits per heavy atom. The molecule has 126 valence electrons. The summed E-state index contributed by atoms with van der Waals surface area (Å²) in [6.07, 6.45) is 4.97. The third-order valence-electron chi connectivity index (χ3n) is 4.06. The Kier molecular flexibility index (Phi) is 3.78. The predicted molar refractivity (Wildman–Crippen MR) is 98.0 cm³/mol. The zero-order valence-electron chi connectivity index (χ0n) is 14.1. The largest absolute Gasteiger partial charge is 0.399 e. The van der Waals surface area contributed by atoms with Crippen molar-refractivity contribution in [3.05, 3.63) is 65.9 Å². The van der Waals surface area contributed by atoms with E-state index in [2.05, 4.69) is 26.1 Å². The van der Waals surface area contributed by atoms with Gasteiger partial charge in [0.2, 0.25) is 0 Å². The number of aromatic nitrogens is 5. The zero-order chi connectivity index (χ0) is 18.1. The summed E-state index contributed by atoms with van der Waals surface area (Å²) >= 11 is 0. The highest BCUT2D eigenvalue weighted by atomic mass is 15.3. The lowest BCUT2D eigenvalue weighted by Crippen LogP contribution is -2.04. The smallest absolute Gasteiger partial charge is 0.162 e. The van der Waals surface area contributed by atoms with Gasteiger partial charge in [0.25, 0.3) is 0 Å². The molecule has 4 aromatic rings. The summed E-state index contributed by atoms with van der Waals surface area (Å²) in [4.78, 5) is 13.2. The lowest BCUT2D eigenvalue weighted by molar-refractivity contribution is 0.702. The van der Waals surface area contributed by atoms with E-state index < -0.39 is 0 Å². The van der Waals surface area contributed by atoms with Crippen LogP contribution in [0.25, 0.3) is 22.3 Å². The van der Waals surface area contributed by atoms with Gasteiger partial charge in [-0.05, 0) is 30.7 Å². The Labute approximate surface area is 149 Å². The topological polar surface area (TPSA) is 106 Å². The van der Waals surface area contributed by atoms with Gasteiger partial charge >= 0.3 is 0 Å². The second-order valence-corrected chi connectivity index (χ2v) is 5.97. The third-order valence-corrected chi connectivity index (χ3v) is 4.06. The van der Waals surface area contributed by atoms with Gasteiger partial charge in [-0.1, -0.05) is 12.1 Å². The van der Waals surface area contributed by atoms with E-state index in [0.29, 0.717) is 17.9 Å². The Balaban J connectivity index is 1.82. The molecule has 0 aliphatic rings. The van der Waals surface area contributed by atoms with E-state index >= 15 is 0 Å². The minimum atomic E-state index is 0.487. The van der Waals surface area contributed by atoms with Crippen molar-refractivity contribution < 1.29 is 0 Å². The molecule has 0 radical (unpaired) electrons.